The van der Waals surface area contributed by atoms with Gasteiger partial charge in [0.15, 0.2) is 0 Å². The number of thiocarbonyl (C=S) groups is 1. The molecule has 0 unspecified atom stereocenters. The molecular weight excluding hydrogens is 288 g/mol. The average Bonchev–Trinajstić information content (AvgIpc) is 2.48. The Morgan fingerprint density at radius 3 is 1.27 bits per heavy atom. The van der Waals surface area contributed by atoms with Crippen LogP contribution in [0.1, 0.15) is 11.1 Å². The maximum absolute atomic E-state index is 5.57. The highest BCUT2D eigenvalue weighted by molar-refractivity contribution is 7.80. The van der Waals surface area contributed by atoms with Crippen LogP contribution in [0.3, 0.4) is 0 Å². The third-order valence-electron chi connectivity index (χ3n) is 3.71. The maximum atomic E-state index is 5.57. The largest absolute Gasteiger partial charge is 0.378 e. The molecule has 0 aliphatic rings. The summed E-state index contributed by atoms with van der Waals surface area (Å²) < 4.78 is 0. The van der Waals surface area contributed by atoms with Gasteiger partial charge in [-0.15, -0.1) is 0 Å². The van der Waals surface area contributed by atoms with Crippen LogP contribution in [0.4, 0.5) is 11.4 Å². The number of benzene rings is 2. The van der Waals surface area contributed by atoms with Gasteiger partial charge in [0.05, 0.1) is 0 Å². The SMILES string of the molecule is CN(C)c1ccc(CC(=S)Cc2ccc(N(C)C)cc2)cc1. The molecule has 0 spiro atoms. The lowest BCUT2D eigenvalue weighted by molar-refractivity contribution is 1.12. The maximum Gasteiger partial charge on any atom is 0.0361 e. The molecule has 2 aromatic rings. The summed E-state index contributed by atoms with van der Waals surface area (Å²) in [7, 11) is 8.21. The summed E-state index contributed by atoms with van der Waals surface area (Å²) in [5.41, 5.74) is 4.99. The molecule has 116 valence electrons. The minimum absolute atomic E-state index is 0.860. The second kappa shape index (κ2) is 7.41. The van der Waals surface area contributed by atoms with E-state index in [-0.39, 0.29) is 0 Å². The topological polar surface area (TPSA) is 6.48 Å². The van der Waals surface area contributed by atoms with Gasteiger partial charge in [0.2, 0.25) is 0 Å². The van der Waals surface area contributed by atoms with Crippen molar-refractivity contribution in [3.05, 3.63) is 59.7 Å². The fourth-order valence-corrected chi connectivity index (χ4v) is 2.68. The quantitative estimate of drug-likeness (QED) is 0.745. The van der Waals surface area contributed by atoms with Crippen molar-refractivity contribution in [3.63, 3.8) is 0 Å². The number of hydrogen-bond acceptors (Lipinski definition) is 3. The summed E-state index contributed by atoms with van der Waals surface area (Å²) in [4.78, 5) is 5.29. The second-order valence-corrected chi connectivity index (χ2v) is 6.59. The molecule has 0 heterocycles. The van der Waals surface area contributed by atoms with Gasteiger partial charge >= 0.3 is 0 Å². The third kappa shape index (κ3) is 4.57. The van der Waals surface area contributed by atoms with E-state index in [4.69, 9.17) is 12.2 Å². The third-order valence-corrected chi connectivity index (χ3v) is 4.00. The lowest BCUT2D eigenvalue weighted by Gasteiger charge is -2.13. The predicted molar refractivity (Wildman–Crippen MR) is 102 cm³/mol. The molecule has 0 atom stereocenters. The average molecular weight is 312 g/mol. The van der Waals surface area contributed by atoms with Crippen molar-refractivity contribution in [2.45, 2.75) is 12.8 Å². The molecule has 2 rings (SSSR count). The zero-order valence-electron chi connectivity index (χ0n) is 13.8. The molecule has 2 nitrogen and oxygen atoms in total. The Hall–Kier alpha value is -1.87. The molecule has 0 radical (unpaired) electrons. The standard InChI is InChI=1S/C19H24N2S/c1-20(2)17-9-5-15(6-10-17)13-19(22)14-16-7-11-18(12-8-16)21(3)4/h5-12H,13-14H2,1-4H3. The first-order valence-electron chi connectivity index (χ1n) is 7.50. The molecule has 2 aromatic carbocycles. The molecule has 3 heteroatoms. The molecule has 0 aromatic heterocycles. The number of hydrogen-bond donors (Lipinski definition) is 0. The van der Waals surface area contributed by atoms with E-state index in [9.17, 15) is 0 Å². The molecule has 0 saturated carbocycles. The van der Waals surface area contributed by atoms with Gasteiger partial charge in [-0.2, -0.15) is 0 Å². The normalized spacial score (nSPS) is 10.4. The first-order valence-corrected chi connectivity index (χ1v) is 7.91. The van der Waals surface area contributed by atoms with Crippen molar-refractivity contribution in [2.75, 3.05) is 38.0 Å². The van der Waals surface area contributed by atoms with Gasteiger partial charge in [-0.1, -0.05) is 36.5 Å². The van der Waals surface area contributed by atoms with Crippen molar-refractivity contribution < 1.29 is 0 Å². The van der Waals surface area contributed by atoms with Crippen LogP contribution >= 0.6 is 12.2 Å². The Kier molecular flexibility index (Phi) is 5.56. The smallest absolute Gasteiger partial charge is 0.0361 e. The summed E-state index contributed by atoms with van der Waals surface area (Å²) in [5, 5.41) is 0. The summed E-state index contributed by atoms with van der Waals surface area (Å²) in [6.07, 6.45) is 1.72. The summed E-state index contributed by atoms with van der Waals surface area (Å²) in [6.45, 7) is 0. The van der Waals surface area contributed by atoms with Gasteiger partial charge < -0.3 is 9.80 Å². The first kappa shape index (κ1) is 16.5. The van der Waals surface area contributed by atoms with E-state index < -0.39 is 0 Å². The van der Waals surface area contributed by atoms with E-state index in [1.807, 2.05) is 0 Å². The molecule has 0 N–H and O–H groups in total. The zero-order valence-corrected chi connectivity index (χ0v) is 14.7. The van der Waals surface area contributed by atoms with Crippen molar-refractivity contribution in [2.24, 2.45) is 0 Å². The van der Waals surface area contributed by atoms with Crippen LogP contribution in [0.15, 0.2) is 48.5 Å². The first-order chi connectivity index (χ1) is 10.5. The Labute approximate surface area is 139 Å². The fourth-order valence-electron chi connectivity index (χ4n) is 2.34. The monoisotopic (exact) mass is 312 g/mol. The van der Waals surface area contributed by atoms with Gasteiger partial charge in [0.25, 0.3) is 0 Å². The molecule has 22 heavy (non-hydrogen) atoms. The molecule has 0 aliphatic heterocycles. The molecule has 0 aliphatic carbocycles. The van der Waals surface area contributed by atoms with E-state index in [1.54, 1.807) is 0 Å². The Morgan fingerprint density at radius 2 is 1.00 bits per heavy atom. The second-order valence-electron chi connectivity index (χ2n) is 6.01. The van der Waals surface area contributed by atoms with E-state index in [2.05, 4.69) is 86.5 Å². The van der Waals surface area contributed by atoms with Gasteiger partial charge in [-0.05, 0) is 35.4 Å². The molecule has 0 saturated heterocycles. The van der Waals surface area contributed by atoms with E-state index in [1.165, 1.54) is 22.5 Å². The van der Waals surface area contributed by atoms with Crippen LogP contribution in [0, 0.1) is 0 Å². The molecule has 0 amide bonds. The molecule has 0 bridgehead atoms. The van der Waals surface area contributed by atoms with E-state index >= 15 is 0 Å². The van der Waals surface area contributed by atoms with E-state index in [0.29, 0.717) is 0 Å². The fraction of sp³-hybridized carbons (Fsp3) is 0.316. The predicted octanol–water partition coefficient (Wildman–Crippen LogP) is 3.97. The van der Waals surface area contributed by atoms with Crippen molar-refractivity contribution in [1.82, 2.24) is 0 Å². The summed E-state index contributed by atoms with van der Waals surface area (Å²) in [5.74, 6) is 0. The number of anilines is 2. The molecule has 0 fully saturated rings. The van der Waals surface area contributed by atoms with Crippen LogP contribution < -0.4 is 9.80 Å². The summed E-state index contributed by atoms with van der Waals surface area (Å²) in [6, 6.07) is 17.2. The minimum atomic E-state index is 0.860. The van der Waals surface area contributed by atoms with Gasteiger partial charge in [-0.3, -0.25) is 0 Å². The highest BCUT2D eigenvalue weighted by Crippen LogP contribution is 2.16. The van der Waals surface area contributed by atoms with Crippen LogP contribution in [-0.4, -0.2) is 33.1 Å². The lowest BCUT2D eigenvalue weighted by Crippen LogP contribution is -2.09. The minimum Gasteiger partial charge on any atom is -0.378 e. The van der Waals surface area contributed by atoms with Crippen LogP contribution in [-0.2, 0) is 12.8 Å². The van der Waals surface area contributed by atoms with Crippen molar-refractivity contribution in [1.29, 1.82) is 0 Å². The Bertz CT molecular complexity index is 557. The summed E-state index contributed by atoms with van der Waals surface area (Å²) >= 11 is 5.57. The van der Waals surface area contributed by atoms with Crippen LogP contribution in [0.25, 0.3) is 0 Å². The Balaban J connectivity index is 1.94. The van der Waals surface area contributed by atoms with Crippen molar-refractivity contribution in [3.8, 4) is 0 Å². The highest BCUT2D eigenvalue weighted by atomic mass is 32.1. The lowest BCUT2D eigenvalue weighted by atomic mass is 10.0. The van der Waals surface area contributed by atoms with Crippen LogP contribution in [0.2, 0.25) is 0 Å². The Morgan fingerprint density at radius 1 is 0.682 bits per heavy atom. The highest BCUT2D eigenvalue weighted by Gasteiger charge is 2.03. The number of nitrogens with zero attached hydrogens (tertiary/aromatic N) is 2. The van der Waals surface area contributed by atoms with Crippen molar-refractivity contribution >= 4 is 28.5 Å². The van der Waals surface area contributed by atoms with Gasteiger partial charge in [-0.25, -0.2) is 0 Å². The van der Waals surface area contributed by atoms with Crippen LogP contribution in [0.5, 0.6) is 0 Å². The van der Waals surface area contributed by atoms with E-state index in [0.717, 1.165) is 17.7 Å². The number of rotatable bonds is 6. The zero-order chi connectivity index (χ0) is 16.1. The van der Waals surface area contributed by atoms with Gasteiger partial charge in [0.1, 0.15) is 0 Å². The van der Waals surface area contributed by atoms with Gasteiger partial charge in [0, 0.05) is 57.3 Å². The molecular formula is C19H24N2S.